The fourth-order valence-electron chi connectivity index (χ4n) is 2.39. The van der Waals surface area contributed by atoms with Crippen LogP contribution in [-0.4, -0.2) is 29.5 Å². The van der Waals surface area contributed by atoms with Crippen LogP contribution in [-0.2, 0) is 21.3 Å². The van der Waals surface area contributed by atoms with Gasteiger partial charge in [-0.15, -0.1) is 0 Å². The van der Waals surface area contributed by atoms with E-state index in [1.807, 2.05) is 61.5 Å². The van der Waals surface area contributed by atoms with Gasteiger partial charge in [0.05, 0.1) is 6.54 Å². The number of carbonyl (C=O) groups excluding carboxylic acids is 1. The zero-order valence-corrected chi connectivity index (χ0v) is 14.3. The van der Waals surface area contributed by atoms with Gasteiger partial charge in [-0.05, 0) is 36.8 Å². The van der Waals surface area contributed by atoms with Gasteiger partial charge in [-0.2, -0.15) is 0 Å². The van der Waals surface area contributed by atoms with Crippen molar-refractivity contribution in [3.63, 3.8) is 0 Å². The molecule has 0 aromatic heterocycles. The van der Waals surface area contributed by atoms with Crippen molar-refractivity contribution in [1.82, 2.24) is 0 Å². The highest BCUT2D eigenvalue weighted by Crippen LogP contribution is 2.15. The van der Waals surface area contributed by atoms with Crippen molar-refractivity contribution in [1.29, 1.82) is 0 Å². The minimum atomic E-state index is -0.874. The summed E-state index contributed by atoms with van der Waals surface area (Å²) < 4.78 is 11.3. The van der Waals surface area contributed by atoms with E-state index in [4.69, 9.17) is 0 Å². The summed E-state index contributed by atoms with van der Waals surface area (Å²) in [7, 11) is -0.874. The van der Waals surface area contributed by atoms with Gasteiger partial charge in [-0.3, -0.25) is 9.00 Å². The number of nitrogens with one attached hydrogen (secondary N) is 1. The molecular formula is C18H22N2O2S. The maximum absolute atomic E-state index is 12.4. The standard InChI is InChI=1S/C18H22N2O2S/c1-3-20(17-10-5-4-6-11-17)18(21)13-19-16-9-7-8-15(12-16)14-23(2)22/h4-12,19H,3,13-14H2,1-2H3/t23-/m1/s1. The van der Waals surface area contributed by atoms with Crippen molar-refractivity contribution in [2.24, 2.45) is 0 Å². The SMILES string of the molecule is CCN(C(=O)CNc1cccc(C[S@@](C)=O)c1)c1ccccc1. The van der Waals surface area contributed by atoms with E-state index in [0.29, 0.717) is 12.3 Å². The van der Waals surface area contributed by atoms with E-state index in [2.05, 4.69) is 5.32 Å². The molecular weight excluding hydrogens is 308 g/mol. The van der Waals surface area contributed by atoms with E-state index < -0.39 is 10.8 Å². The van der Waals surface area contributed by atoms with Crippen LogP contribution in [0.3, 0.4) is 0 Å². The van der Waals surface area contributed by atoms with Crippen LogP contribution in [0.4, 0.5) is 11.4 Å². The molecule has 0 heterocycles. The molecule has 1 amide bonds. The fourth-order valence-corrected chi connectivity index (χ4v) is 3.04. The first-order chi connectivity index (χ1) is 11.1. The quantitative estimate of drug-likeness (QED) is 0.849. The number of hydrogen-bond acceptors (Lipinski definition) is 3. The first kappa shape index (κ1) is 17.2. The second-order valence-electron chi connectivity index (χ2n) is 5.25. The minimum absolute atomic E-state index is 0.0168. The Morgan fingerprint density at radius 2 is 1.87 bits per heavy atom. The molecule has 1 atom stereocenters. The van der Waals surface area contributed by atoms with Crippen molar-refractivity contribution in [3.8, 4) is 0 Å². The number of hydrogen-bond donors (Lipinski definition) is 1. The molecule has 2 aromatic carbocycles. The molecule has 5 heteroatoms. The van der Waals surface area contributed by atoms with Crippen molar-refractivity contribution >= 4 is 28.1 Å². The average Bonchev–Trinajstić information content (AvgIpc) is 2.54. The number of benzene rings is 2. The van der Waals surface area contributed by atoms with E-state index in [0.717, 1.165) is 16.9 Å². The minimum Gasteiger partial charge on any atom is -0.376 e. The highest BCUT2D eigenvalue weighted by atomic mass is 32.2. The number of carbonyl (C=O) groups is 1. The molecule has 1 N–H and O–H groups in total. The Hall–Kier alpha value is -2.14. The maximum atomic E-state index is 12.4. The van der Waals surface area contributed by atoms with Gasteiger partial charge < -0.3 is 10.2 Å². The second kappa shape index (κ2) is 8.48. The van der Waals surface area contributed by atoms with Gasteiger partial charge in [0.15, 0.2) is 0 Å². The molecule has 0 aliphatic carbocycles. The third-order valence-corrected chi connectivity index (χ3v) is 4.17. The lowest BCUT2D eigenvalue weighted by molar-refractivity contribution is -0.116. The van der Waals surface area contributed by atoms with Crippen molar-refractivity contribution in [2.45, 2.75) is 12.7 Å². The largest absolute Gasteiger partial charge is 0.376 e. The van der Waals surface area contributed by atoms with Gasteiger partial charge in [-0.1, -0.05) is 30.3 Å². The molecule has 0 radical (unpaired) electrons. The Kier molecular flexibility index (Phi) is 6.35. The third-order valence-electron chi connectivity index (χ3n) is 3.43. The molecule has 4 nitrogen and oxygen atoms in total. The van der Waals surface area contributed by atoms with Crippen LogP contribution in [0, 0.1) is 0 Å². The lowest BCUT2D eigenvalue weighted by atomic mass is 10.2. The first-order valence-electron chi connectivity index (χ1n) is 7.58. The molecule has 23 heavy (non-hydrogen) atoms. The molecule has 0 aliphatic heterocycles. The molecule has 2 aromatic rings. The Labute approximate surface area is 140 Å². The summed E-state index contributed by atoms with van der Waals surface area (Å²) in [5.41, 5.74) is 2.76. The Morgan fingerprint density at radius 1 is 1.13 bits per heavy atom. The van der Waals surface area contributed by atoms with Gasteiger partial charge in [0, 0.05) is 40.7 Å². The molecule has 0 spiro atoms. The number of rotatable bonds is 7. The number of anilines is 2. The van der Waals surface area contributed by atoms with Gasteiger partial charge >= 0.3 is 0 Å². The maximum Gasteiger partial charge on any atom is 0.246 e. The van der Waals surface area contributed by atoms with Crippen LogP contribution in [0.5, 0.6) is 0 Å². The van der Waals surface area contributed by atoms with E-state index in [-0.39, 0.29) is 12.5 Å². The van der Waals surface area contributed by atoms with Crippen LogP contribution in [0.2, 0.25) is 0 Å². The smallest absolute Gasteiger partial charge is 0.246 e. The summed E-state index contributed by atoms with van der Waals surface area (Å²) in [6.45, 7) is 2.81. The summed E-state index contributed by atoms with van der Waals surface area (Å²) in [4.78, 5) is 14.2. The highest BCUT2D eigenvalue weighted by Gasteiger charge is 2.13. The normalized spacial score (nSPS) is 11.7. The van der Waals surface area contributed by atoms with Gasteiger partial charge in [0.2, 0.25) is 5.91 Å². The molecule has 0 bridgehead atoms. The van der Waals surface area contributed by atoms with Crippen molar-refractivity contribution in [3.05, 3.63) is 60.2 Å². The van der Waals surface area contributed by atoms with E-state index in [1.165, 1.54) is 0 Å². The van der Waals surface area contributed by atoms with Crippen molar-refractivity contribution < 1.29 is 9.00 Å². The molecule has 0 unspecified atom stereocenters. The van der Waals surface area contributed by atoms with Gasteiger partial charge in [-0.25, -0.2) is 0 Å². The summed E-state index contributed by atoms with van der Waals surface area (Å²) >= 11 is 0. The Bertz CT molecular complexity index is 674. The fraction of sp³-hybridized carbons (Fsp3) is 0.278. The zero-order chi connectivity index (χ0) is 16.7. The van der Waals surface area contributed by atoms with Gasteiger partial charge in [0.25, 0.3) is 0 Å². The molecule has 2 rings (SSSR count). The van der Waals surface area contributed by atoms with Crippen LogP contribution < -0.4 is 10.2 Å². The van der Waals surface area contributed by atoms with Crippen LogP contribution in [0.1, 0.15) is 12.5 Å². The second-order valence-corrected chi connectivity index (χ2v) is 6.68. The van der Waals surface area contributed by atoms with Crippen LogP contribution in [0.25, 0.3) is 0 Å². The van der Waals surface area contributed by atoms with E-state index >= 15 is 0 Å². The summed E-state index contributed by atoms with van der Waals surface area (Å²) in [5.74, 6) is 0.539. The zero-order valence-electron chi connectivity index (χ0n) is 13.5. The molecule has 0 saturated heterocycles. The van der Waals surface area contributed by atoms with Crippen LogP contribution in [0.15, 0.2) is 54.6 Å². The lowest BCUT2D eigenvalue weighted by Gasteiger charge is -2.21. The predicted octanol–water partition coefficient (Wildman–Crippen LogP) is 3.03. The summed E-state index contributed by atoms with van der Waals surface area (Å²) in [6.07, 6.45) is 1.68. The molecule has 0 saturated carbocycles. The highest BCUT2D eigenvalue weighted by molar-refractivity contribution is 7.83. The number of para-hydroxylation sites is 1. The number of nitrogens with zero attached hydrogens (tertiary/aromatic N) is 1. The Morgan fingerprint density at radius 3 is 2.52 bits per heavy atom. The van der Waals surface area contributed by atoms with E-state index in [1.54, 1.807) is 11.2 Å². The number of likely N-dealkylation sites (N-methyl/N-ethyl adjacent to an activating group) is 1. The topological polar surface area (TPSA) is 49.4 Å². The monoisotopic (exact) mass is 330 g/mol. The molecule has 122 valence electrons. The third kappa shape index (κ3) is 5.21. The van der Waals surface area contributed by atoms with Crippen LogP contribution >= 0.6 is 0 Å². The van der Waals surface area contributed by atoms with E-state index in [9.17, 15) is 9.00 Å². The number of amides is 1. The lowest BCUT2D eigenvalue weighted by Crippen LogP contribution is -2.35. The average molecular weight is 330 g/mol. The molecule has 0 fully saturated rings. The predicted molar refractivity (Wildman–Crippen MR) is 97.2 cm³/mol. The summed E-state index contributed by atoms with van der Waals surface area (Å²) in [5, 5.41) is 3.15. The molecule has 0 aliphatic rings. The van der Waals surface area contributed by atoms with Crippen molar-refractivity contribution in [2.75, 3.05) is 29.6 Å². The summed E-state index contributed by atoms with van der Waals surface area (Å²) in [6, 6.07) is 17.3. The van der Waals surface area contributed by atoms with Gasteiger partial charge in [0.1, 0.15) is 0 Å². The first-order valence-corrected chi connectivity index (χ1v) is 9.31. The Balaban J connectivity index is 1.99.